The van der Waals surface area contributed by atoms with Crippen molar-refractivity contribution < 1.29 is 0 Å². The van der Waals surface area contributed by atoms with Crippen molar-refractivity contribution in [2.24, 2.45) is 5.73 Å². The summed E-state index contributed by atoms with van der Waals surface area (Å²) >= 11 is 9.75. The summed E-state index contributed by atoms with van der Waals surface area (Å²) in [5.74, 6) is 0.253. The molecule has 3 rings (SSSR count). The first-order valence-electron chi connectivity index (χ1n) is 6.31. The molecular weight excluding hydrogens is 324 g/mol. The molecule has 2 N–H and O–H groups in total. The van der Waals surface area contributed by atoms with Crippen LogP contribution in [-0.4, -0.2) is 4.98 Å². The number of benzene rings is 1. The molecule has 98 valence electrons. The fraction of sp³-hybridized carbons (Fsp3) is 0.267. The Morgan fingerprint density at radius 3 is 3.05 bits per heavy atom. The smallest absolute Gasteiger partial charge is 0.0485 e. The Bertz CT molecular complexity index is 615. The van der Waals surface area contributed by atoms with Gasteiger partial charge >= 0.3 is 0 Å². The average Bonchev–Trinajstić information content (AvgIpc) is 2.84. The first-order valence-corrected chi connectivity index (χ1v) is 7.48. The molecular formula is C15H14BrClN2. The summed E-state index contributed by atoms with van der Waals surface area (Å²) in [7, 11) is 0. The van der Waals surface area contributed by atoms with Gasteiger partial charge in [-0.3, -0.25) is 4.98 Å². The molecule has 0 fully saturated rings. The summed E-state index contributed by atoms with van der Waals surface area (Å²) in [4.78, 5) is 4.50. The molecule has 4 heteroatoms. The van der Waals surface area contributed by atoms with Crippen LogP contribution >= 0.6 is 27.5 Å². The van der Waals surface area contributed by atoms with E-state index in [-0.39, 0.29) is 12.0 Å². The van der Waals surface area contributed by atoms with Crippen LogP contribution in [0, 0.1) is 0 Å². The molecule has 2 nitrogen and oxygen atoms in total. The molecule has 0 spiro atoms. The first-order chi connectivity index (χ1) is 9.16. The lowest BCUT2D eigenvalue weighted by atomic mass is 9.91. The average molecular weight is 338 g/mol. The molecule has 0 saturated heterocycles. The minimum atomic E-state index is -0.110. The van der Waals surface area contributed by atoms with Gasteiger partial charge in [0.05, 0.1) is 0 Å². The number of aryl methyl sites for hydroxylation is 1. The Labute approximate surface area is 126 Å². The van der Waals surface area contributed by atoms with Crippen molar-refractivity contribution in [2.45, 2.75) is 24.8 Å². The van der Waals surface area contributed by atoms with Crippen LogP contribution in [0.2, 0.25) is 5.02 Å². The number of nitrogens with zero attached hydrogens (tertiary/aromatic N) is 1. The first kappa shape index (κ1) is 13.1. The van der Waals surface area contributed by atoms with Crippen molar-refractivity contribution in [1.82, 2.24) is 4.98 Å². The van der Waals surface area contributed by atoms with E-state index in [1.54, 1.807) is 0 Å². The summed E-state index contributed by atoms with van der Waals surface area (Å²) in [6.07, 6.45) is 3.93. The number of fused-ring (bicyclic) bond motifs is 1. The number of hydrogen-bond acceptors (Lipinski definition) is 2. The van der Waals surface area contributed by atoms with Crippen molar-refractivity contribution >= 4 is 27.5 Å². The highest BCUT2D eigenvalue weighted by Gasteiger charge is 2.30. The van der Waals surface area contributed by atoms with Gasteiger partial charge in [-0.05, 0) is 48.2 Å². The van der Waals surface area contributed by atoms with E-state index in [9.17, 15) is 0 Å². The number of hydrogen-bond donors (Lipinski definition) is 1. The summed E-state index contributed by atoms with van der Waals surface area (Å²) < 4.78 is 1.00. The third-order valence-corrected chi connectivity index (χ3v) is 4.59. The minimum absolute atomic E-state index is 0.110. The third-order valence-electron chi connectivity index (χ3n) is 3.75. The van der Waals surface area contributed by atoms with Crippen LogP contribution in [0.3, 0.4) is 0 Å². The molecule has 1 aliphatic carbocycles. The van der Waals surface area contributed by atoms with Gasteiger partial charge in [-0.25, -0.2) is 0 Å². The molecule has 0 bridgehead atoms. The highest BCUT2D eigenvalue weighted by Crippen LogP contribution is 2.41. The van der Waals surface area contributed by atoms with Gasteiger partial charge in [0.25, 0.3) is 0 Å². The van der Waals surface area contributed by atoms with Gasteiger partial charge in [0.2, 0.25) is 0 Å². The van der Waals surface area contributed by atoms with E-state index in [2.05, 4.69) is 27.0 Å². The fourth-order valence-electron chi connectivity index (χ4n) is 2.78. The number of rotatable bonds is 2. The lowest BCUT2D eigenvalue weighted by molar-refractivity contribution is 0.541. The summed E-state index contributed by atoms with van der Waals surface area (Å²) in [5.41, 5.74) is 9.87. The van der Waals surface area contributed by atoms with Gasteiger partial charge in [-0.15, -0.1) is 0 Å². The van der Waals surface area contributed by atoms with Crippen molar-refractivity contribution in [2.75, 3.05) is 0 Å². The van der Waals surface area contributed by atoms with Crippen LogP contribution < -0.4 is 5.73 Å². The van der Waals surface area contributed by atoms with Gasteiger partial charge in [0.1, 0.15) is 0 Å². The molecule has 0 aliphatic heterocycles. The molecule has 1 heterocycles. The summed E-state index contributed by atoms with van der Waals surface area (Å²) in [5, 5.41) is 0.722. The molecule has 2 unspecified atom stereocenters. The Morgan fingerprint density at radius 2 is 2.21 bits per heavy atom. The van der Waals surface area contributed by atoms with Gasteiger partial charge in [-0.1, -0.05) is 33.6 Å². The Hall–Kier alpha value is -0.900. The van der Waals surface area contributed by atoms with E-state index in [1.165, 1.54) is 5.56 Å². The van der Waals surface area contributed by atoms with Crippen LogP contribution in [-0.2, 0) is 6.42 Å². The second-order valence-electron chi connectivity index (χ2n) is 4.88. The molecule has 2 atom stereocenters. The number of pyridine rings is 1. The number of halogens is 2. The van der Waals surface area contributed by atoms with Crippen molar-refractivity contribution in [3.05, 3.63) is 62.8 Å². The lowest BCUT2D eigenvalue weighted by Crippen LogP contribution is -2.19. The second kappa shape index (κ2) is 5.23. The monoisotopic (exact) mass is 336 g/mol. The highest BCUT2D eigenvalue weighted by molar-refractivity contribution is 9.10. The predicted molar refractivity (Wildman–Crippen MR) is 81.4 cm³/mol. The normalized spacial score (nSPS) is 19.2. The Balaban J connectivity index is 1.97. The van der Waals surface area contributed by atoms with Gasteiger partial charge < -0.3 is 5.73 Å². The van der Waals surface area contributed by atoms with Gasteiger partial charge in [-0.2, -0.15) is 0 Å². The zero-order chi connectivity index (χ0) is 13.4. The molecule has 1 aromatic heterocycles. The van der Waals surface area contributed by atoms with E-state index in [0.717, 1.165) is 33.6 Å². The van der Waals surface area contributed by atoms with E-state index < -0.39 is 0 Å². The molecule has 1 aromatic carbocycles. The SMILES string of the molecule is NC(c1cc(Br)ccc1Cl)C1CCc2cccnc21. The van der Waals surface area contributed by atoms with Crippen LogP contribution in [0.15, 0.2) is 41.0 Å². The summed E-state index contributed by atoms with van der Waals surface area (Å²) in [6.45, 7) is 0. The lowest BCUT2D eigenvalue weighted by Gasteiger charge is -2.21. The minimum Gasteiger partial charge on any atom is -0.323 e. The predicted octanol–water partition coefficient (Wildman–Crippen LogP) is 4.23. The van der Waals surface area contributed by atoms with Crippen LogP contribution in [0.1, 0.15) is 35.2 Å². The molecule has 2 aromatic rings. The van der Waals surface area contributed by atoms with E-state index in [4.69, 9.17) is 17.3 Å². The largest absolute Gasteiger partial charge is 0.323 e. The fourth-order valence-corrected chi connectivity index (χ4v) is 3.40. The summed E-state index contributed by atoms with van der Waals surface area (Å²) in [6, 6.07) is 9.83. The topological polar surface area (TPSA) is 38.9 Å². The highest BCUT2D eigenvalue weighted by atomic mass is 79.9. The van der Waals surface area contributed by atoms with Crippen LogP contribution in [0.5, 0.6) is 0 Å². The maximum Gasteiger partial charge on any atom is 0.0485 e. The van der Waals surface area contributed by atoms with E-state index in [0.29, 0.717) is 0 Å². The van der Waals surface area contributed by atoms with Crippen molar-refractivity contribution in [3.8, 4) is 0 Å². The van der Waals surface area contributed by atoms with Crippen molar-refractivity contribution in [1.29, 1.82) is 0 Å². The van der Waals surface area contributed by atoms with Crippen LogP contribution in [0.25, 0.3) is 0 Å². The van der Waals surface area contributed by atoms with Gasteiger partial charge in [0, 0.05) is 33.3 Å². The number of aromatic nitrogens is 1. The zero-order valence-corrected chi connectivity index (χ0v) is 12.7. The second-order valence-corrected chi connectivity index (χ2v) is 6.21. The maximum atomic E-state index is 6.44. The zero-order valence-electron chi connectivity index (χ0n) is 10.3. The molecule has 1 aliphatic rings. The van der Waals surface area contributed by atoms with E-state index >= 15 is 0 Å². The Morgan fingerprint density at radius 1 is 1.37 bits per heavy atom. The van der Waals surface area contributed by atoms with Crippen molar-refractivity contribution in [3.63, 3.8) is 0 Å². The molecule has 0 radical (unpaired) electrons. The standard InChI is InChI=1S/C15H14BrClN2/c16-10-4-6-13(17)12(8-10)14(18)11-5-3-9-2-1-7-19-15(9)11/h1-2,4,6-8,11,14H,3,5,18H2. The van der Waals surface area contributed by atoms with Crippen LogP contribution in [0.4, 0.5) is 0 Å². The molecule has 0 saturated carbocycles. The number of nitrogens with two attached hydrogens (primary N) is 1. The third kappa shape index (κ3) is 2.42. The van der Waals surface area contributed by atoms with Gasteiger partial charge in [0.15, 0.2) is 0 Å². The Kier molecular flexibility index (Phi) is 3.61. The van der Waals surface area contributed by atoms with E-state index in [1.807, 2.05) is 30.5 Å². The quantitative estimate of drug-likeness (QED) is 0.891. The molecule has 0 amide bonds. The maximum absolute atomic E-state index is 6.44. The molecule has 19 heavy (non-hydrogen) atoms.